The molecule has 0 fully saturated rings. The number of benzene rings is 2. The summed E-state index contributed by atoms with van der Waals surface area (Å²) in [6.07, 6.45) is 1.41. The van der Waals surface area contributed by atoms with Crippen molar-refractivity contribution in [2.75, 3.05) is 5.32 Å². The maximum Gasteiger partial charge on any atom is 0.266 e. The summed E-state index contributed by atoms with van der Waals surface area (Å²) in [6.45, 7) is 0. The predicted octanol–water partition coefficient (Wildman–Crippen LogP) is 5.19. The molecule has 0 spiro atoms. The normalized spacial score (nSPS) is 10.9. The van der Waals surface area contributed by atoms with E-state index in [-0.39, 0.29) is 21.3 Å². The highest BCUT2D eigenvalue weighted by Gasteiger charge is 2.14. The van der Waals surface area contributed by atoms with Gasteiger partial charge in [-0.3, -0.25) is 4.79 Å². The number of rotatable bonds is 3. The van der Waals surface area contributed by atoms with Gasteiger partial charge in [0.15, 0.2) is 0 Å². The molecule has 110 valence electrons. The summed E-state index contributed by atoms with van der Waals surface area (Å²) in [7, 11) is 0. The van der Waals surface area contributed by atoms with Gasteiger partial charge in [0.1, 0.15) is 11.6 Å². The molecule has 6 heteroatoms. The summed E-state index contributed by atoms with van der Waals surface area (Å²) >= 11 is 18.0. The van der Waals surface area contributed by atoms with Crippen LogP contribution in [0.5, 0.6) is 0 Å². The Balaban J connectivity index is 2.31. The number of nitrogens with one attached hydrogen (secondary N) is 1. The predicted molar refractivity (Wildman–Crippen MR) is 90.1 cm³/mol. The fraction of sp³-hybridized carbons (Fsp3) is 0. The zero-order chi connectivity index (χ0) is 16.1. The summed E-state index contributed by atoms with van der Waals surface area (Å²) in [5, 5.41) is 12.7. The molecule has 2 aromatic rings. The third-order valence-electron chi connectivity index (χ3n) is 2.77. The van der Waals surface area contributed by atoms with E-state index >= 15 is 0 Å². The van der Waals surface area contributed by atoms with Gasteiger partial charge in [0.05, 0.1) is 15.7 Å². The van der Waals surface area contributed by atoms with Crippen molar-refractivity contribution in [1.82, 2.24) is 0 Å². The van der Waals surface area contributed by atoms with Crippen LogP contribution < -0.4 is 5.32 Å². The highest BCUT2D eigenvalue weighted by Crippen LogP contribution is 2.30. The Hall–Kier alpha value is -1.99. The van der Waals surface area contributed by atoms with Gasteiger partial charge in [-0.1, -0.05) is 59.1 Å². The number of hydrogen-bond donors (Lipinski definition) is 1. The van der Waals surface area contributed by atoms with Crippen LogP contribution in [0.15, 0.2) is 48.0 Å². The fourth-order valence-electron chi connectivity index (χ4n) is 1.69. The summed E-state index contributed by atoms with van der Waals surface area (Å²) < 4.78 is 0. The van der Waals surface area contributed by atoms with Crippen LogP contribution in [-0.4, -0.2) is 5.91 Å². The number of halogens is 3. The molecule has 0 aliphatic rings. The van der Waals surface area contributed by atoms with Crippen molar-refractivity contribution in [3.8, 4) is 6.07 Å². The van der Waals surface area contributed by atoms with Crippen LogP contribution in [0.4, 0.5) is 5.69 Å². The Bertz CT molecular complexity index is 774. The van der Waals surface area contributed by atoms with Crippen molar-refractivity contribution in [2.45, 2.75) is 0 Å². The molecule has 0 aliphatic heterocycles. The molecule has 0 aromatic heterocycles. The molecule has 2 aromatic carbocycles. The monoisotopic (exact) mass is 350 g/mol. The summed E-state index contributed by atoms with van der Waals surface area (Å²) in [4.78, 5) is 12.2. The van der Waals surface area contributed by atoms with E-state index in [2.05, 4.69) is 5.32 Å². The Morgan fingerprint density at radius 3 is 2.18 bits per heavy atom. The number of carbonyl (C=O) groups excluding carboxylic acids is 1. The summed E-state index contributed by atoms with van der Waals surface area (Å²) in [6, 6.07) is 13.6. The third kappa shape index (κ3) is 3.80. The van der Waals surface area contributed by atoms with Crippen LogP contribution in [0.25, 0.3) is 6.08 Å². The number of anilines is 1. The second-order valence-electron chi connectivity index (χ2n) is 4.24. The number of hydrogen-bond acceptors (Lipinski definition) is 2. The molecule has 0 bridgehead atoms. The average molecular weight is 352 g/mol. The number of nitriles is 1. The first-order chi connectivity index (χ1) is 10.5. The molecule has 0 atom stereocenters. The lowest BCUT2D eigenvalue weighted by Crippen LogP contribution is -2.14. The van der Waals surface area contributed by atoms with Crippen molar-refractivity contribution >= 4 is 52.5 Å². The van der Waals surface area contributed by atoms with Gasteiger partial charge in [-0.15, -0.1) is 0 Å². The molecular formula is C16H9Cl3N2O. The molecule has 22 heavy (non-hydrogen) atoms. The van der Waals surface area contributed by atoms with E-state index in [1.54, 1.807) is 42.5 Å². The molecule has 2 rings (SSSR count). The molecular weight excluding hydrogens is 343 g/mol. The van der Waals surface area contributed by atoms with E-state index in [4.69, 9.17) is 34.8 Å². The number of carbonyl (C=O) groups is 1. The second kappa shape index (κ2) is 7.33. The number of amides is 1. The third-order valence-corrected chi connectivity index (χ3v) is 3.75. The van der Waals surface area contributed by atoms with Crippen molar-refractivity contribution in [3.63, 3.8) is 0 Å². The Morgan fingerprint density at radius 2 is 1.59 bits per heavy atom. The van der Waals surface area contributed by atoms with Gasteiger partial charge in [-0.2, -0.15) is 5.26 Å². The van der Waals surface area contributed by atoms with Gasteiger partial charge in [0.25, 0.3) is 5.91 Å². The number of para-hydroxylation sites is 1. The second-order valence-corrected chi connectivity index (χ2v) is 5.46. The molecule has 0 saturated heterocycles. The Morgan fingerprint density at radius 1 is 1.00 bits per heavy atom. The van der Waals surface area contributed by atoms with Gasteiger partial charge in [0.2, 0.25) is 0 Å². The molecule has 0 heterocycles. The van der Waals surface area contributed by atoms with Crippen molar-refractivity contribution in [3.05, 3.63) is 68.7 Å². The maximum absolute atomic E-state index is 12.2. The highest BCUT2D eigenvalue weighted by atomic mass is 35.5. The maximum atomic E-state index is 12.2. The van der Waals surface area contributed by atoms with Gasteiger partial charge >= 0.3 is 0 Å². The van der Waals surface area contributed by atoms with Gasteiger partial charge in [-0.25, -0.2) is 0 Å². The highest BCUT2D eigenvalue weighted by molar-refractivity contribution is 6.40. The first-order valence-corrected chi connectivity index (χ1v) is 7.28. The van der Waals surface area contributed by atoms with E-state index in [1.165, 1.54) is 6.08 Å². The molecule has 3 nitrogen and oxygen atoms in total. The lowest BCUT2D eigenvalue weighted by Gasteiger charge is -2.08. The van der Waals surface area contributed by atoms with Crippen LogP contribution in [0.2, 0.25) is 15.1 Å². The lowest BCUT2D eigenvalue weighted by molar-refractivity contribution is -0.112. The smallest absolute Gasteiger partial charge is 0.266 e. The zero-order valence-corrected chi connectivity index (χ0v) is 13.4. The summed E-state index contributed by atoms with van der Waals surface area (Å²) in [5.74, 6) is -0.614. The molecule has 0 saturated carbocycles. The standard InChI is InChI=1S/C16H9Cl3N2O/c17-12-5-2-1-4-10(12)8-11(9-20)16(22)21-15-13(18)6-3-7-14(15)19/h1-8H,(H,21,22)/b11-8+. The number of nitrogens with zero attached hydrogens (tertiary/aromatic N) is 1. The molecule has 1 N–H and O–H groups in total. The SMILES string of the molecule is N#C/C(=C\c1ccccc1Cl)C(=O)Nc1c(Cl)cccc1Cl. The largest absolute Gasteiger partial charge is 0.319 e. The topological polar surface area (TPSA) is 52.9 Å². The van der Waals surface area contributed by atoms with Gasteiger partial charge < -0.3 is 5.32 Å². The van der Waals surface area contributed by atoms with Crippen LogP contribution in [0, 0.1) is 11.3 Å². The van der Waals surface area contributed by atoms with Crippen LogP contribution in [0.1, 0.15) is 5.56 Å². The molecule has 0 aliphatic carbocycles. The van der Waals surface area contributed by atoms with Crippen molar-refractivity contribution in [1.29, 1.82) is 5.26 Å². The van der Waals surface area contributed by atoms with E-state index in [1.807, 2.05) is 6.07 Å². The van der Waals surface area contributed by atoms with E-state index in [0.29, 0.717) is 10.6 Å². The van der Waals surface area contributed by atoms with E-state index in [0.717, 1.165) is 0 Å². The van der Waals surface area contributed by atoms with Crippen LogP contribution in [-0.2, 0) is 4.79 Å². The first kappa shape index (κ1) is 16.4. The Labute approximate surface area is 142 Å². The lowest BCUT2D eigenvalue weighted by atomic mass is 10.1. The quantitative estimate of drug-likeness (QED) is 0.611. The minimum Gasteiger partial charge on any atom is -0.319 e. The van der Waals surface area contributed by atoms with Gasteiger partial charge in [0, 0.05) is 5.02 Å². The van der Waals surface area contributed by atoms with Crippen LogP contribution >= 0.6 is 34.8 Å². The Kier molecular flexibility index (Phi) is 5.46. The minimum atomic E-state index is -0.614. The van der Waals surface area contributed by atoms with Gasteiger partial charge in [-0.05, 0) is 29.8 Å². The van der Waals surface area contributed by atoms with Crippen molar-refractivity contribution in [2.24, 2.45) is 0 Å². The van der Waals surface area contributed by atoms with Crippen molar-refractivity contribution < 1.29 is 4.79 Å². The van der Waals surface area contributed by atoms with Crippen LogP contribution in [0.3, 0.4) is 0 Å². The first-order valence-electron chi connectivity index (χ1n) is 6.14. The average Bonchev–Trinajstić information content (AvgIpc) is 2.50. The fourth-order valence-corrected chi connectivity index (χ4v) is 2.38. The summed E-state index contributed by atoms with van der Waals surface area (Å²) in [5.41, 5.74) is 0.723. The minimum absolute atomic E-state index is 0.107. The molecule has 0 radical (unpaired) electrons. The molecule has 0 unspecified atom stereocenters. The zero-order valence-electron chi connectivity index (χ0n) is 11.1. The van der Waals surface area contributed by atoms with E-state index in [9.17, 15) is 10.1 Å². The molecule has 1 amide bonds. The van der Waals surface area contributed by atoms with E-state index < -0.39 is 5.91 Å².